The molecule has 1 aliphatic heterocycles. The van der Waals surface area contributed by atoms with Crippen molar-refractivity contribution in [2.24, 2.45) is 0 Å². The molecule has 0 amide bonds. The van der Waals surface area contributed by atoms with Crippen LogP contribution in [0.15, 0.2) is 61.4 Å². The first-order valence-corrected chi connectivity index (χ1v) is 11.0. The Balaban J connectivity index is 1.34. The summed E-state index contributed by atoms with van der Waals surface area (Å²) in [6, 6.07) is 8.15. The third-order valence-corrected chi connectivity index (χ3v) is 5.74. The number of pyridine rings is 1. The van der Waals surface area contributed by atoms with Gasteiger partial charge in [0.1, 0.15) is 5.82 Å². The van der Waals surface area contributed by atoms with Crippen LogP contribution in [0.25, 0.3) is 22.0 Å². The molecule has 0 bridgehead atoms. The van der Waals surface area contributed by atoms with E-state index >= 15 is 0 Å². The first-order chi connectivity index (χ1) is 15.8. The van der Waals surface area contributed by atoms with Crippen molar-refractivity contribution >= 4 is 28.4 Å². The number of fused-ring (bicyclic) bond motifs is 1. The number of rotatable bonds is 6. The van der Waals surface area contributed by atoms with Gasteiger partial charge in [0.25, 0.3) is 0 Å². The molecule has 0 atom stereocenters. The summed E-state index contributed by atoms with van der Waals surface area (Å²) in [5, 5.41) is 4.33. The summed E-state index contributed by atoms with van der Waals surface area (Å²) in [7, 11) is 0. The number of benzene rings is 1. The number of aromatic nitrogens is 5. The molecule has 32 heavy (non-hydrogen) atoms. The summed E-state index contributed by atoms with van der Waals surface area (Å²) in [4.78, 5) is 27.0. The minimum Gasteiger partial charge on any atom is -0.338 e. The number of anilines is 3. The molecule has 1 aromatic carbocycles. The molecule has 4 aromatic rings. The summed E-state index contributed by atoms with van der Waals surface area (Å²) >= 11 is 0. The van der Waals surface area contributed by atoms with Gasteiger partial charge in [0.15, 0.2) is 0 Å². The van der Waals surface area contributed by atoms with E-state index in [0.717, 1.165) is 59.8 Å². The predicted molar refractivity (Wildman–Crippen MR) is 127 cm³/mol. The van der Waals surface area contributed by atoms with Crippen molar-refractivity contribution in [1.82, 2.24) is 29.8 Å². The maximum atomic E-state index is 4.65. The van der Waals surface area contributed by atoms with Crippen LogP contribution >= 0.6 is 0 Å². The van der Waals surface area contributed by atoms with Gasteiger partial charge in [-0.3, -0.25) is 14.9 Å². The Kier molecular flexibility index (Phi) is 5.85. The topological polar surface area (TPSA) is 83.0 Å². The normalized spacial score (nSPS) is 14.6. The molecule has 3 aromatic heterocycles. The van der Waals surface area contributed by atoms with Crippen LogP contribution in [0.2, 0.25) is 0 Å². The van der Waals surface area contributed by atoms with Gasteiger partial charge in [0.05, 0.1) is 17.4 Å². The fourth-order valence-corrected chi connectivity index (χ4v) is 4.06. The second-order valence-corrected chi connectivity index (χ2v) is 7.91. The number of hydrogen-bond acceptors (Lipinski definition) is 8. The monoisotopic (exact) mass is 426 g/mol. The van der Waals surface area contributed by atoms with Gasteiger partial charge in [-0.15, -0.1) is 0 Å². The average Bonchev–Trinajstić information content (AvgIpc) is 2.85. The van der Waals surface area contributed by atoms with Gasteiger partial charge >= 0.3 is 0 Å². The molecule has 162 valence electrons. The molecule has 0 aliphatic carbocycles. The first kappa shape index (κ1) is 20.3. The van der Waals surface area contributed by atoms with Crippen molar-refractivity contribution in [3.8, 4) is 11.1 Å². The average molecular weight is 427 g/mol. The molecule has 0 saturated carbocycles. The molecule has 1 N–H and O–H groups in total. The van der Waals surface area contributed by atoms with Crippen LogP contribution < -0.4 is 10.2 Å². The van der Waals surface area contributed by atoms with E-state index in [4.69, 9.17) is 0 Å². The number of nitrogens with zero attached hydrogens (tertiary/aromatic N) is 7. The van der Waals surface area contributed by atoms with Crippen LogP contribution in [0, 0.1) is 0 Å². The highest BCUT2D eigenvalue weighted by molar-refractivity contribution is 5.94. The minimum atomic E-state index is 0.698. The van der Waals surface area contributed by atoms with Crippen LogP contribution in [-0.2, 0) is 0 Å². The van der Waals surface area contributed by atoms with Crippen LogP contribution in [0.4, 0.5) is 17.5 Å². The van der Waals surface area contributed by atoms with E-state index in [9.17, 15) is 0 Å². The van der Waals surface area contributed by atoms with Crippen LogP contribution in [0.5, 0.6) is 0 Å². The largest absolute Gasteiger partial charge is 0.338 e. The van der Waals surface area contributed by atoms with Gasteiger partial charge in [-0.2, -0.15) is 0 Å². The molecule has 0 unspecified atom stereocenters. The lowest BCUT2D eigenvalue weighted by molar-refractivity contribution is 0.257. The summed E-state index contributed by atoms with van der Waals surface area (Å²) in [6.45, 7) is 7.48. The fraction of sp³-hybridized carbons (Fsp3) is 0.292. The van der Waals surface area contributed by atoms with Crippen molar-refractivity contribution in [3.05, 3.63) is 61.4 Å². The van der Waals surface area contributed by atoms with Gasteiger partial charge in [0.2, 0.25) is 5.95 Å². The molecule has 0 spiro atoms. The highest BCUT2D eigenvalue weighted by Gasteiger charge is 2.18. The van der Waals surface area contributed by atoms with E-state index in [0.29, 0.717) is 5.82 Å². The van der Waals surface area contributed by atoms with Crippen molar-refractivity contribution < 1.29 is 0 Å². The second-order valence-electron chi connectivity index (χ2n) is 7.91. The molecule has 1 saturated heterocycles. The lowest BCUT2D eigenvalue weighted by Gasteiger charge is -2.34. The highest BCUT2D eigenvalue weighted by Crippen LogP contribution is 2.28. The number of hydrogen-bond donors (Lipinski definition) is 1. The van der Waals surface area contributed by atoms with E-state index in [2.05, 4.69) is 65.2 Å². The third-order valence-electron chi connectivity index (χ3n) is 5.74. The molecule has 8 heteroatoms. The fourth-order valence-electron chi connectivity index (χ4n) is 4.06. The molecular weight excluding hydrogens is 400 g/mol. The Morgan fingerprint density at radius 1 is 0.844 bits per heavy atom. The summed E-state index contributed by atoms with van der Waals surface area (Å²) in [6.07, 6.45) is 11.8. The lowest BCUT2D eigenvalue weighted by atomic mass is 10.1. The van der Waals surface area contributed by atoms with Gasteiger partial charge < -0.3 is 10.2 Å². The first-order valence-electron chi connectivity index (χ1n) is 11.0. The number of nitrogens with one attached hydrogen (secondary N) is 1. The van der Waals surface area contributed by atoms with E-state index in [1.807, 2.05) is 18.5 Å². The maximum Gasteiger partial charge on any atom is 0.225 e. The van der Waals surface area contributed by atoms with E-state index < -0.39 is 0 Å². The molecule has 5 rings (SSSR count). The summed E-state index contributed by atoms with van der Waals surface area (Å²) in [5.74, 6) is 1.50. The SMILES string of the molecule is CCCN1CCN(c2ncc(-c3ccc4c(Nc5cnccn5)ccnc4c3)cn2)CC1. The summed E-state index contributed by atoms with van der Waals surface area (Å²) in [5.41, 5.74) is 3.86. The van der Waals surface area contributed by atoms with Gasteiger partial charge in [0, 0.05) is 68.1 Å². The van der Waals surface area contributed by atoms with Crippen LogP contribution in [0.3, 0.4) is 0 Å². The zero-order valence-corrected chi connectivity index (χ0v) is 18.1. The smallest absolute Gasteiger partial charge is 0.225 e. The van der Waals surface area contributed by atoms with Crippen molar-refractivity contribution in [2.75, 3.05) is 42.9 Å². The lowest BCUT2D eigenvalue weighted by Crippen LogP contribution is -2.47. The van der Waals surface area contributed by atoms with E-state index in [1.54, 1.807) is 24.8 Å². The summed E-state index contributed by atoms with van der Waals surface area (Å²) < 4.78 is 0. The molecular formula is C24H26N8. The standard InChI is InChI=1S/C24H26N8/c1-2-9-31-10-12-32(13-11-31)24-28-15-19(16-29-24)18-3-4-20-21(5-6-26-22(20)14-18)30-23-17-25-7-8-27-23/h3-8,14-17H,2,9-13H2,1H3,(H,26,27,30). The minimum absolute atomic E-state index is 0.698. The number of piperazine rings is 1. The van der Waals surface area contributed by atoms with Gasteiger partial charge in [-0.05, 0) is 30.7 Å². The van der Waals surface area contributed by atoms with Crippen molar-refractivity contribution in [1.29, 1.82) is 0 Å². The molecule has 4 heterocycles. The Morgan fingerprint density at radius 3 is 2.44 bits per heavy atom. The zero-order chi connectivity index (χ0) is 21.8. The van der Waals surface area contributed by atoms with Crippen LogP contribution in [0.1, 0.15) is 13.3 Å². The van der Waals surface area contributed by atoms with E-state index in [-0.39, 0.29) is 0 Å². The Bertz CT molecular complexity index is 1170. The predicted octanol–water partition coefficient (Wildman–Crippen LogP) is 3.76. The molecule has 1 aliphatic rings. The molecule has 8 nitrogen and oxygen atoms in total. The zero-order valence-electron chi connectivity index (χ0n) is 18.1. The maximum absolute atomic E-state index is 4.65. The Hall–Kier alpha value is -3.65. The van der Waals surface area contributed by atoms with Gasteiger partial charge in [-0.1, -0.05) is 19.1 Å². The quantitative estimate of drug-likeness (QED) is 0.499. The van der Waals surface area contributed by atoms with Crippen molar-refractivity contribution in [3.63, 3.8) is 0 Å². The van der Waals surface area contributed by atoms with E-state index in [1.165, 1.54) is 13.0 Å². The molecule has 1 fully saturated rings. The van der Waals surface area contributed by atoms with Crippen molar-refractivity contribution in [2.45, 2.75) is 13.3 Å². The Morgan fingerprint density at radius 2 is 1.69 bits per heavy atom. The van der Waals surface area contributed by atoms with Crippen LogP contribution in [-0.4, -0.2) is 62.5 Å². The Labute approximate surface area is 187 Å². The second kappa shape index (κ2) is 9.23. The van der Waals surface area contributed by atoms with Gasteiger partial charge in [-0.25, -0.2) is 15.0 Å². The highest BCUT2D eigenvalue weighted by atomic mass is 15.3. The molecule has 0 radical (unpaired) electrons. The third kappa shape index (κ3) is 4.36.